The summed E-state index contributed by atoms with van der Waals surface area (Å²) in [5.41, 5.74) is 0.969. The van der Waals surface area contributed by atoms with E-state index in [9.17, 15) is 13.2 Å². The van der Waals surface area contributed by atoms with Crippen LogP contribution in [0.1, 0.15) is 24.8 Å². The Balaban J connectivity index is 1.77. The number of carbonyl (C=O) groups excluding carboxylic acids is 1. The lowest BCUT2D eigenvalue weighted by molar-refractivity contribution is -0.121. The van der Waals surface area contributed by atoms with Crippen LogP contribution in [0.4, 0.5) is 0 Å². The van der Waals surface area contributed by atoms with Crippen molar-refractivity contribution in [3.05, 3.63) is 29.8 Å². The predicted octanol–water partition coefficient (Wildman–Crippen LogP) is 1.13. The van der Waals surface area contributed by atoms with Gasteiger partial charge in [0.05, 0.1) is 13.4 Å². The third-order valence-electron chi connectivity index (χ3n) is 3.59. The maximum Gasteiger partial charge on any atom is 0.221 e. The van der Waals surface area contributed by atoms with Crippen LogP contribution in [0.2, 0.25) is 0 Å². The molecule has 1 aliphatic carbocycles. The highest BCUT2D eigenvalue weighted by Crippen LogP contribution is 2.28. The highest BCUT2D eigenvalue weighted by Gasteiger charge is 2.34. The van der Waals surface area contributed by atoms with Crippen molar-refractivity contribution in [3.8, 4) is 5.75 Å². The number of amides is 1. The second-order valence-electron chi connectivity index (χ2n) is 5.48. The largest absolute Gasteiger partial charge is 0.497 e. The second-order valence-corrected chi connectivity index (χ2v) is 7.41. The number of benzene rings is 1. The Morgan fingerprint density at radius 1 is 1.32 bits per heavy atom. The van der Waals surface area contributed by atoms with Crippen molar-refractivity contribution in [2.75, 3.05) is 19.9 Å². The molecule has 1 amide bonds. The zero-order valence-corrected chi connectivity index (χ0v) is 13.7. The number of nitrogens with one attached hydrogen (secondary N) is 1. The molecule has 122 valence electrons. The Morgan fingerprint density at radius 2 is 1.95 bits per heavy atom. The fourth-order valence-electron chi connectivity index (χ4n) is 2.23. The highest BCUT2D eigenvalue weighted by atomic mass is 32.2. The van der Waals surface area contributed by atoms with Crippen LogP contribution in [0, 0.1) is 0 Å². The molecule has 0 aromatic heterocycles. The van der Waals surface area contributed by atoms with Crippen LogP contribution in [0.3, 0.4) is 0 Å². The summed E-state index contributed by atoms with van der Waals surface area (Å²) in [7, 11) is -1.63. The molecule has 0 heterocycles. The summed E-state index contributed by atoms with van der Waals surface area (Å²) in [5.74, 6) is 0.619. The molecule has 0 radical (unpaired) electrons. The van der Waals surface area contributed by atoms with Crippen LogP contribution in [-0.4, -0.2) is 44.6 Å². The summed E-state index contributed by atoms with van der Waals surface area (Å²) in [6, 6.07) is 7.52. The molecule has 0 saturated heterocycles. The molecule has 1 fully saturated rings. The maximum absolute atomic E-state index is 11.9. The number of methoxy groups -OCH3 is 1. The minimum Gasteiger partial charge on any atom is -0.497 e. The summed E-state index contributed by atoms with van der Waals surface area (Å²) in [6.07, 6.45) is 3.15. The molecule has 7 heteroatoms. The normalized spacial score (nSPS) is 14.9. The van der Waals surface area contributed by atoms with E-state index in [1.165, 1.54) is 10.6 Å². The average molecular weight is 326 g/mol. The van der Waals surface area contributed by atoms with Crippen molar-refractivity contribution < 1.29 is 17.9 Å². The van der Waals surface area contributed by atoms with Gasteiger partial charge in [0.1, 0.15) is 5.75 Å². The monoisotopic (exact) mass is 326 g/mol. The van der Waals surface area contributed by atoms with E-state index in [0.29, 0.717) is 6.54 Å². The Morgan fingerprint density at radius 3 is 2.45 bits per heavy atom. The third-order valence-corrected chi connectivity index (χ3v) is 4.92. The molecule has 1 aromatic rings. The van der Waals surface area contributed by atoms with Gasteiger partial charge < -0.3 is 10.1 Å². The summed E-state index contributed by atoms with van der Waals surface area (Å²) < 4.78 is 29.8. The predicted molar refractivity (Wildman–Crippen MR) is 84.0 cm³/mol. The summed E-state index contributed by atoms with van der Waals surface area (Å²) in [4.78, 5) is 11.9. The first kappa shape index (κ1) is 16.8. The third kappa shape index (κ3) is 4.99. The van der Waals surface area contributed by atoms with Gasteiger partial charge in [0.25, 0.3) is 0 Å². The number of hydrogen-bond donors (Lipinski definition) is 1. The van der Waals surface area contributed by atoms with Gasteiger partial charge in [-0.05, 0) is 30.5 Å². The Bertz CT molecular complexity index is 609. The van der Waals surface area contributed by atoms with Crippen molar-refractivity contribution in [1.82, 2.24) is 9.62 Å². The molecular formula is C15H22N2O4S. The van der Waals surface area contributed by atoms with Gasteiger partial charge in [-0.15, -0.1) is 0 Å². The molecule has 0 unspecified atom stereocenters. The Labute approximate surface area is 131 Å². The molecule has 1 N–H and O–H groups in total. The highest BCUT2D eigenvalue weighted by molar-refractivity contribution is 7.88. The van der Waals surface area contributed by atoms with Crippen LogP contribution < -0.4 is 10.1 Å². The number of carbonyl (C=O) groups is 1. The molecule has 0 aliphatic heterocycles. The molecule has 1 saturated carbocycles. The van der Waals surface area contributed by atoms with Gasteiger partial charge >= 0.3 is 0 Å². The Hall–Kier alpha value is -1.60. The van der Waals surface area contributed by atoms with Crippen molar-refractivity contribution in [2.24, 2.45) is 0 Å². The smallest absolute Gasteiger partial charge is 0.221 e. The van der Waals surface area contributed by atoms with Crippen molar-refractivity contribution in [2.45, 2.75) is 31.8 Å². The maximum atomic E-state index is 11.9. The molecule has 1 aliphatic rings. The minimum absolute atomic E-state index is 0.0874. The standard InChI is InChI=1S/C15H22N2O4S/c1-21-14-7-3-12(4-8-14)11-16-15(18)9-10-17(13-5-6-13)22(2,19)20/h3-4,7-8,13H,5-6,9-11H2,1-2H3,(H,16,18). The van der Waals surface area contributed by atoms with E-state index in [1.54, 1.807) is 7.11 Å². The van der Waals surface area contributed by atoms with Crippen LogP contribution >= 0.6 is 0 Å². The second kappa shape index (κ2) is 7.11. The first-order valence-electron chi connectivity index (χ1n) is 7.26. The number of ether oxygens (including phenoxy) is 1. The topological polar surface area (TPSA) is 75.7 Å². The van der Waals surface area contributed by atoms with Crippen molar-refractivity contribution in [3.63, 3.8) is 0 Å². The van der Waals surface area contributed by atoms with Gasteiger partial charge in [0.2, 0.25) is 15.9 Å². The number of hydrogen-bond acceptors (Lipinski definition) is 4. The number of nitrogens with zero attached hydrogens (tertiary/aromatic N) is 1. The SMILES string of the molecule is COc1ccc(CNC(=O)CCN(C2CC2)S(C)(=O)=O)cc1. The van der Waals surface area contributed by atoms with E-state index in [1.807, 2.05) is 24.3 Å². The summed E-state index contributed by atoms with van der Waals surface area (Å²) in [5, 5.41) is 2.80. The first-order chi connectivity index (χ1) is 10.4. The van der Waals surface area contributed by atoms with Gasteiger partial charge in [-0.25, -0.2) is 8.42 Å². The van der Waals surface area contributed by atoms with Crippen LogP contribution in [-0.2, 0) is 21.4 Å². The molecule has 1 aromatic carbocycles. The van der Waals surface area contributed by atoms with Crippen molar-refractivity contribution in [1.29, 1.82) is 0 Å². The molecule has 6 nitrogen and oxygen atoms in total. The first-order valence-corrected chi connectivity index (χ1v) is 9.11. The zero-order chi connectivity index (χ0) is 16.2. The molecule has 0 spiro atoms. The molecule has 22 heavy (non-hydrogen) atoms. The molecule has 0 atom stereocenters. The fraction of sp³-hybridized carbons (Fsp3) is 0.533. The quantitative estimate of drug-likeness (QED) is 0.777. The van der Waals surface area contributed by atoms with Gasteiger partial charge in [-0.2, -0.15) is 4.31 Å². The van der Waals surface area contributed by atoms with E-state index in [0.717, 1.165) is 24.2 Å². The summed E-state index contributed by atoms with van der Waals surface area (Å²) >= 11 is 0. The zero-order valence-electron chi connectivity index (χ0n) is 12.9. The van der Waals surface area contributed by atoms with E-state index in [4.69, 9.17) is 4.74 Å². The molecule has 2 rings (SSSR count). The Kier molecular flexibility index (Phi) is 5.42. The van der Waals surface area contributed by atoms with Crippen LogP contribution in [0.15, 0.2) is 24.3 Å². The van der Waals surface area contributed by atoms with Crippen molar-refractivity contribution >= 4 is 15.9 Å². The lowest BCUT2D eigenvalue weighted by Crippen LogP contribution is -2.36. The summed E-state index contributed by atoms with van der Waals surface area (Å²) in [6.45, 7) is 0.670. The molecule has 0 bridgehead atoms. The number of rotatable bonds is 8. The lowest BCUT2D eigenvalue weighted by atomic mass is 10.2. The van der Waals surface area contributed by atoms with E-state index < -0.39 is 10.0 Å². The van der Waals surface area contributed by atoms with Gasteiger partial charge in [0, 0.05) is 25.6 Å². The average Bonchev–Trinajstić information content (AvgIpc) is 3.29. The van der Waals surface area contributed by atoms with E-state index in [2.05, 4.69) is 5.32 Å². The fourth-order valence-corrected chi connectivity index (χ4v) is 3.40. The van der Waals surface area contributed by atoms with Crippen LogP contribution in [0.25, 0.3) is 0 Å². The molecular weight excluding hydrogens is 304 g/mol. The van der Waals surface area contributed by atoms with E-state index in [-0.39, 0.29) is 24.9 Å². The van der Waals surface area contributed by atoms with Gasteiger partial charge in [0.15, 0.2) is 0 Å². The van der Waals surface area contributed by atoms with Gasteiger partial charge in [-0.1, -0.05) is 12.1 Å². The van der Waals surface area contributed by atoms with Crippen LogP contribution in [0.5, 0.6) is 5.75 Å². The number of sulfonamides is 1. The minimum atomic E-state index is -3.23. The lowest BCUT2D eigenvalue weighted by Gasteiger charge is -2.18. The van der Waals surface area contributed by atoms with Gasteiger partial charge in [-0.3, -0.25) is 4.79 Å². The van der Waals surface area contributed by atoms with E-state index >= 15 is 0 Å².